The van der Waals surface area contributed by atoms with Crippen LogP contribution in [-0.2, 0) is 19.2 Å². The summed E-state index contributed by atoms with van der Waals surface area (Å²) in [6.07, 6.45) is 0. The molecule has 0 aromatic heterocycles. The summed E-state index contributed by atoms with van der Waals surface area (Å²) in [7, 11) is 0. The number of benzene rings is 1. The third-order valence-electron chi connectivity index (χ3n) is 2.23. The Labute approximate surface area is 92.8 Å². The van der Waals surface area contributed by atoms with Gasteiger partial charge in [0.15, 0.2) is 11.4 Å². The average molecular weight is 224 g/mol. The van der Waals surface area contributed by atoms with Crippen LogP contribution in [0.2, 0.25) is 0 Å². The molecule has 0 spiro atoms. The highest BCUT2D eigenvalue weighted by molar-refractivity contribution is 5.79. The van der Waals surface area contributed by atoms with Crippen LogP contribution in [0.15, 0.2) is 30.3 Å². The number of rotatable bonds is 3. The van der Waals surface area contributed by atoms with Gasteiger partial charge in [-0.15, -0.1) is 0 Å². The van der Waals surface area contributed by atoms with E-state index in [0.717, 1.165) is 0 Å². The van der Waals surface area contributed by atoms with Crippen LogP contribution < -0.4 is 4.89 Å². The molecule has 5 nitrogen and oxygen atoms in total. The average Bonchev–Trinajstić information content (AvgIpc) is 2.76. The topological polar surface area (TPSA) is 54.0 Å². The van der Waals surface area contributed by atoms with Crippen LogP contribution in [0.1, 0.15) is 6.92 Å². The molecule has 1 fully saturated rings. The van der Waals surface area contributed by atoms with E-state index in [1.165, 1.54) is 0 Å². The number of hydrogen-bond donors (Lipinski definition) is 0. The first kappa shape index (κ1) is 10.9. The molecule has 16 heavy (non-hydrogen) atoms. The van der Waals surface area contributed by atoms with Crippen LogP contribution in [0.4, 0.5) is 0 Å². The molecule has 2 rings (SSSR count). The van der Waals surface area contributed by atoms with Crippen LogP contribution in [0.25, 0.3) is 0 Å². The quantitative estimate of drug-likeness (QED) is 0.572. The van der Waals surface area contributed by atoms with Gasteiger partial charge in [-0.1, -0.05) is 18.2 Å². The van der Waals surface area contributed by atoms with Gasteiger partial charge >= 0.3 is 5.97 Å². The standard InChI is InChI=1S/C11H12O5/c1-11(7-13-8-14-11)10(12)16-15-9-5-3-2-4-6-9/h2-6H,7-8H2,1H3. The molecule has 0 amide bonds. The van der Waals surface area contributed by atoms with Crippen LogP contribution in [0, 0.1) is 0 Å². The fourth-order valence-corrected chi connectivity index (χ4v) is 1.22. The van der Waals surface area contributed by atoms with Crippen LogP contribution >= 0.6 is 0 Å². The Morgan fingerprint density at radius 2 is 2.12 bits per heavy atom. The van der Waals surface area contributed by atoms with E-state index in [9.17, 15) is 4.79 Å². The molecule has 1 aromatic rings. The lowest BCUT2D eigenvalue weighted by molar-refractivity contribution is -0.231. The number of hydrogen-bond acceptors (Lipinski definition) is 5. The Hall–Kier alpha value is -1.59. The van der Waals surface area contributed by atoms with Crippen molar-refractivity contribution in [2.45, 2.75) is 12.5 Å². The summed E-state index contributed by atoms with van der Waals surface area (Å²) in [4.78, 5) is 21.1. The molecule has 1 unspecified atom stereocenters. The second-order valence-electron chi connectivity index (χ2n) is 3.61. The number of carbonyl (C=O) groups excluding carboxylic acids is 1. The summed E-state index contributed by atoms with van der Waals surface area (Å²) >= 11 is 0. The first-order chi connectivity index (χ1) is 7.71. The van der Waals surface area contributed by atoms with E-state index < -0.39 is 11.6 Å². The Kier molecular flexibility index (Phi) is 3.07. The molecular formula is C11H12O5. The van der Waals surface area contributed by atoms with Gasteiger partial charge in [0.05, 0.1) is 6.61 Å². The molecule has 0 saturated carbocycles. The molecule has 0 bridgehead atoms. The lowest BCUT2D eigenvalue weighted by atomic mass is 10.1. The SMILES string of the molecule is CC1(C(=O)OOc2ccccc2)COCO1. The Morgan fingerprint density at radius 3 is 2.75 bits per heavy atom. The largest absolute Gasteiger partial charge is 0.389 e. The van der Waals surface area contributed by atoms with Crippen molar-refractivity contribution in [2.24, 2.45) is 0 Å². The van der Waals surface area contributed by atoms with Crippen molar-refractivity contribution in [3.8, 4) is 5.75 Å². The second-order valence-corrected chi connectivity index (χ2v) is 3.61. The first-order valence-electron chi connectivity index (χ1n) is 4.86. The van der Waals surface area contributed by atoms with Crippen molar-refractivity contribution >= 4 is 5.97 Å². The molecule has 86 valence electrons. The van der Waals surface area contributed by atoms with Crippen molar-refractivity contribution in [3.05, 3.63) is 30.3 Å². The van der Waals surface area contributed by atoms with Gasteiger partial charge < -0.3 is 9.47 Å². The molecule has 0 aliphatic carbocycles. The maximum atomic E-state index is 11.6. The molecule has 1 atom stereocenters. The van der Waals surface area contributed by atoms with E-state index in [0.29, 0.717) is 5.75 Å². The fourth-order valence-electron chi connectivity index (χ4n) is 1.22. The van der Waals surface area contributed by atoms with Crippen molar-refractivity contribution in [1.29, 1.82) is 0 Å². The molecule has 1 aromatic carbocycles. The predicted octanol–water partition coefficient (Wildman–Crippen LogP) is 1.29. The smallest absolute Gasteiger partial charge is 0.352 e. The molecule has 5 heteroatoms. The minimum atomic E-state index is -1.07. The van der Waals surface area contributed by atoms with Gasteiger partial charge in [0.1, 0.15) is 6.79 Å². The summed E-state index contributed by atoms with van der Waals surface area (Å²) in [5, 5.41) is 0. The maximum Gasteiger partial charge on any atom is 0.389 e. The van der Waals surface area contributed by atoms with Gasteiger partial charge in [0, 0.05) is 0 Å². The summed E-state index contributed by atoms with van der Waals surface area (Å²) in [5.74, 6) is -0.146. The minimum Gasteiger partial charge on any atom is -0.352 e. The monoisotopic (exact) mass is 224 g/mol. The van der Waals surface area contributed by atoms with Gasteiger partial charge in [-0.2, -0.15) is 0 Å². The zero-order valence-corrected chi connectivity index (χ0v) is 8.84. The highest BCUT2D eigenvalue weighted by atomic mass is 17.2. The van der Waals surface area contributed by atoms with Crippen molar-refractivity contribution in [1.82, 2.24) is 0 Å². The summed E-state index contributed by atoms with van der Waals surface area (Å²) in [5.41, 5.74) is -1.07. The van der Waals surface area contributed by atoms with Crippen LogP contribution in [0.3, 0.4) is 0 Å². The third kappa shape index (κ3) is 2.32. The Morgan fingerprint density at radius 1 is 1.38 bits per heavy atom. The Balaban J connectivity index is 1.89. The van der Waals surface area contributed by atoms with Crippen LogP contribution in [-0.4, -0.2) is 25.0 Å². The maximum absolute atomic E-state index is 11.6. The molecule has 1 aliphatic heterocycles. The number of carbonyl (C=O) groups is 1. The molecule has 1 saturated heterocycles. The normalized spacial score (nSPS) is 24.1. The van der Waals surface area contributed by atoms with E-state index in [-0.39, 0.29) is 13.4 Å². The van der Waals surface area contributed by atoms with Gasteiger partial charge in [0.25, 0.3) is 0 Å². The number of ether oxygens (including phenoxy) is 2. The molecule has 0 radical (unpaired) electrons. The zero-order chi connectivity index (χ0) is 11.4. The predicted molar refractivity (Wildman–Crippen MR) is 53.5 cm³/mol. The van der Waals surface area contributed by atoms with E-state index >= 15 is 0 Å². The van der Waals surface area contributed by atoms with Gasteiger partial charge in [0.2, 0.25) is 0 Å². The second kappa shape index (κ2) is 4.51. The summed E-state index contributed by atoms with van der Waals surface area (Å²) in [6.45, 7) is 1.86. The van der Waals surface area contributed by atoms with Crippen molar-refractivity contribution in [3.63, 3.8) is 0 Å². The van der Waals surface area contributed by atoms with E-state index in [2.05, 4.69) is 4.89 Å². The third-order valence-corrected chi connectivity index (χ3v) is 2.23. The van der Waals surface area contributed by atoms with Gasteiger partial charge in [-0.25, -0.2) is 9.68 Å². The highest BCUT2D eigenvalue weighted by Gasteiger charge is 2.42. The highest BCUT2D eigenvalue weighted by Crippen LogP contribution is 2.20. The fraction of sp³-hybridized carbons (Fsp3) is 0.364. The van der Waals surface area contributed by atoms with Crippen molar-refractivity contribution < 1.29 is 24.0 Å². The minimum absolute atomic E-state index is 0.0942. The molecule has 0 N–H and O–H groups in total. The van der Waals surface area contributed by atoms with Gasteiger partial charge in [-0.3, -0.25) is 4.89 Å². The van der Waals surface area contributed by atoms with E-state index in [4.69, 9.17) is 14.4 Å². The van der Waals surface area contributed by atoms with E-state index in [1.807, 2.05) is 6.07 Å². The first-order valence-corrected chi connectivity index (χ1v) is 4.86. The van der Waals surface area contributed by atoms with E-state index in [1.54, 1.807) is 31.2 Å². The van der Waals surface area contributed by atoms with Crippen molar-refractivity contribution in [2.75, 3.05) is 13.4 Å². The lowest BCUT2D eigenvalue weighted by Crippen LogP contribution is -2.39. The summed E-state index contributed by atoms with van der Waals surface area (Å²) < 4.78 is 10.1. The summed E-state index contributed by atoms with van der Waals surface area (Å²) in [6, 6.07) is 8.76. The van der Waals surface area contributed by atoms with Gasteiger partial charge in [-0.05, 0) is 19.1 Å². The molecule has 1 heterocycles. The van der Waals surface area contributed by atoms with Crippen LogP contribution in [0.5, 0.6) is 5.75 Å². The zero-order valence-electron chi connectivity index (χ0n) is 8.84. The Bertz CT molecular complexity index is 356. The molecule has 1 aliphatic rings. The lowest BCUT2D eigenvalue weighted by Gasteiger charge is -2.17. The number of para-hydroxylation sites is 1. The molecular weight excluding hydrogens is 212 g/mol.